The molecule has 96 valence electrons. The average molecular weight is 262 g/mol. The first kappa shape index (κ1) is 11.4. The van der Waals surface area contributed by atoms with Crippen molar-refractivity contribution in [3.8, 4) is 11.3 Å². The second-order valence-electron chi connectivity index (χ2n) is 4.09. The number of carboxylic acids is 1. The maximum atomic E-state index is 13.5. The maximum Gasteiger partial charge on any atom is 0.374 e. The first-order valence-electron chi connectivity index (χ1n) is 5.37. The van der Waals surface area contributed by atoms with Gasteiger partial charge >= 0.3 is 5.97 Å². The monoisotopic (exact) mass is 262 g/mol. The number of anilines is 1. The van der Waals surface area contributed by atoms with Gasteiger partial charge in [-0.25, -0.2) is 9.18 Å². The molecule has 0 saturated heterocycles. The summed E-state index contributed by atoms with van der Waals surface area (Å²) in [7, 11) is 0. The normalized spacial score (nSPS) is 13.2. The molecule has 0 saturated carbocycles. The van der Waals surface area contributed by atoms with Crippen LogP contribution in [0.1, 0.15) is 16.1 Å². The minimum absolute atomic E-state index is 0.0870. The van der Waals surface area contributed by atoms with Gasteiger partial charge in [0.05, 0.1) is 12.1 Å². The van der Waals surface area contributed by atoms with Gasteiger partial charge in [0, 0.05) is 11.6 Å². The summed E-state index contributed by atoms with van der Waals surface area (Å²) in [5.41, 5.74) is 1.42. The second kappa shape index (κ2) is 3.91. The van der Waals surface area contributed by atoms with Crippen molar-refractivity contribution < 1.29 is 23.6 Å². The van der Waals surface area contributed by atoms with Crippen LogP contribution in [-0.2, 0) is 11.2 Å². The number of halogens is 1. The first-order chi connectivity index (χ1) is 9.04. The number of rotatable bonds is 2. The molecule has 0 atom stereocenters. The molecular weight excluding hydrogens is 255 g/mol. The fraction of sp³-hybridized carbons (Fsp3) is 0.0833. The number of hydrogen-bond donors (Lipinski definition) is 2. The average Bonchev–Trinajstić information content (AvgIpc) is 2.93. The van der Waals surface area contributed by atoms with Gasteiger partial charge in [0.25, 0.3) is 0 Å². The molecule has 0 bridgehead atoms. The first-order valence-corrected chi connectivity index (χ1v) is 5.37. The zero-order valence-electron chi connectivity index (χ0n) is 9.44. The second-order valence-corrected chi connectivity index (χ2v) is 4.09. The number of benzene rings is 1. The summed E-state index contributed by atoms with van der Waals surface area (Å²) in [6.07, 6.45) is 0.0870. The molecule has 6 nitrogen and oxygen atoms in total. The number of aromatic carboxylic acids is 1. The van der Waals surface area contributed by atoms with Gasteiger partial charge in [-0.3, -0.25) is 4.79 Å². The van der Waals surface area contributed by atoms with Crippen LogP contribution in [-0.4, -0.2) is 22.1 Å². The molecule has 1 amide bonds. The Hall–Kier alpha value is -2.70. The number of carboxylic acid groups (broad SMARTS) is 1. The van der Waals surface area contributed by atoms with E-state index in [-0.39, 0.29) is 23.8 Å². The van der Waals surface area contributed by atoms with Gasteiger partial charge < -0.3 is 14.9 Å². The van der Waals surface area contributed by atoms with E-state index in [2.05, 4.69) is 15.0 Å². The quantitative estimate of drug-likeness (QED) is 0.858. The molecule has 0 radical (unpaired) electrons. The zero-order valence-corrected chi connectivity index (χ0v) is 9.44. The van der Waals surface area contributed by atoms with Crippen LogP contribution in [0.5, 0.6) is 0 Å². The van der Waals surface area contributed by atoms with Crippen molar-refractivity contribution in [2.45, 2.75) is 6.42 Å². The Balaban J connectivity index is 2.15. The van der Waals surface area contributed by atoms with E-state index in [0.717, 1.165) is 0 Å². The third-order valence-corrected chi connectivity index (χ3v) is 2.80. The van der Waals surface area contributed by atoms with E-state index in [4.69, 9.17) is 5.11 Å². The largest absolute Gasteiger partial charge is 0.475 e. The smallest absolute Gasteiger partial charge is 0.374 e. The molecule has 19 heavy (non-hydrogen) atoms. The van der Waals surface area contributed by atoms with E-state index in [1.165, 1.54) is 18.2 Å². The van der Waals surface area contributed by atoms with Crippen molar-refractivity contribution in [1.29, 1.82) is 0 Å². The number of hydrogen-bond acceptors (Lipinski definition) is 4. The van der Waals surface area contributed by atoms with Gasteiger partial charge in [-0.05, 0) is 17.7 Å². The Labute approximate surface area is 105 Å². The lowest BCUT2D eigenvalue weighted by Gasteiger charge is -2.05. The van der Waals surface area contributed by atoms with Crippen LogP contribution in [0.2, 0.25) is 0 Å². The van der Waals surface area contributed by atoms with E-state index < -0.39 is 11.8 Å². The summed E-state index contributed by atoms with van der Waals surface area (Å²) in [4.78, 5) is 22.1. The lowest BCUT2D eigenvalue weighted by Crippen LogP contribution is -2.04. The van der Waals surface area contributed by atoms with Crippen molar-refractivity contribution in [3.63, 3.8) is 0 Å². The van der Waals surface area contributed by atoms with E-state index in [1.807, 2.05) is 0 Å². The Morgan fingerprint density at radius 1 is 1.42 bits per heavy atom. The van der Waals surface area contributed by atoms with Gasteiger partial charge in [0.15, 0.2) is 0 Å². The predicted octanol–water partition coefficient (Wildman–Crippen LogP) is 1.67. The number of nitrogens with one attached hydrogen (secondary N) is 1. The molecular formula is C12H7FN2O4. The standard InChI is InChI=1S/C12H7FN2O4/c13-6-1-5-2-10(16)14-11(5)7(3-6)8-4-9(12(17)18)19-15-8/h1,3-4H,2H2,(H,14,16)(H,17,18). The van der Waals surface area contributed by atoms with Crippen LogP contribution < -0.4 is 5.32 Å². The van der Waals surface area contributed by atoms with E-state index in [9.17, 15) is 14.0 Å². The highest BCUT2D eigenvalue weighted by atomic mass is 19.1. The van der Waals surface area contributed by atoms with Crippen LogP contribution in [0, 0.1) is 5.82 Å². The molecule has 2 aromatic rings. The van der Waals surface area contributed by atoms with E-state index in [0.29, 0.717) is 16.8 Å². The Morgan fingerprint density at radius 3 is 2.89 bits per heavy atom. The number of aromatic nitrogens is 1. The van der Waals surface area contributed by atoms with Crippen molar-refractivity contribution in [2.24, 2.45) is 0 Å². The van der Waals surface area contributed by atoms with E-state index >= 15 is 0 Å². The van der Waals surface area contributed by atoms with Crippen molar-refractivity contribution in [3.05, 3.63) is 35.3 Å². The van der Waals surface area contributed by atoms with Crippen molar-refractivity contribution in [1.82, 2.24) is 5.16 Å². The van der Waals surface area contributed by atoms with Gasteiger partial charge in [0.1, 0.15) is 11.5 Å². The van der Waals surface area contributed by atoms with Gasteiger partial charge in [-0.1, -0.05) is 5.16 Å². The summed E-state index contributed by atoms with van der Waals surface area (Å²) < 4.78 is 18.1. The highest BCUT2D eigenvalue weighted by Gasteiger charge is 2.24. The fourth-order valence-electron chi connectivity index (χ4n) is 2.01. The number of fused-ring (bicyclic) bond motifs is 1. The molecule has 0 spiro atoms. The summed E-state index contributed by atoms with van der Waals surface area (Å²) in [5, 5.41) is 14.9. The zero-order chi connectivity index (χ0) is 13.6. The molecule has 1 aliphatic heterocycles. The molecule has 0 fully saturated rings. The third kappa shape index (κ3) is 1.85. The van der Waals surface area contributed by atoms with Crippen LogP contribution in [0.15, 0.2) is 22.7 Å². The summed E-state index contributed by atoms with van der Waals surface area (Å²) >= 11 is 0. The number of amides is 1. The van der Waals surface area contributed by atoms with Crippen LogP contribution >= 0.6 is 0 Å². The Morgan fingerprint density at radius 2 is 2.21 bits per heavy atom. The molecule has 2 N–H and O–H groups in total. The molecule has 3 rings (SSSR count). The lowest BCUT2D eigenvalue weighted by molar-refractivity contribution is -0.115. The fourth-order valence-corrected chi connectivity index (χ4v) is 2.01. The molecule has 7 heteroatoms. The number of nitrogens with zero attached hydrogens (tertiary/aromatic N) is 1. The highest BCUT2D eigenvalue weighted by Crippen LogP contribution is 2.35. The van der Waals surface area contributed by atoms with Crippen LogP contribution in [0.3, 0.4) is 0 Å². The Kier molecular flexibility index (Phi) is 2.34. The predicted molar refractivity (Wildman–Crippen MR) is 61.2 cm³/mol. The maximum absolute atomic E-state index is 13.5. The lowest BCUT2D eigenvalue weighted by atomic mass is 10.0. The number of carbonyl (C=O) groups excluding carboxylic acids is 1. The topological polar surface area (TPSA) is 92.4 Å². The molecule has 1 aliphatic rings. The summed E-state index contributed by atoms with van der Waals surface area (Å²) in [5.74, 6) is -2.39. The molecule has 0 unspecified atom stereocenters. The van der Waals surface area contributed by atoms with Gasteiger partial charge in [-0.2, -0.15) is 0 Å². The van der Waals surface area contributed by atoms with Gasteiger partial charge in [-0.15, -0.1) is 0 Å². The molecule has 1 aromatic carbocycles. The molecule has 1 aromatic heterocycles. The SMILES string of the molecule is O=C1Cc2cc(F)cc(-c3cc(C(=O)O)on3)c2N1. The minimum Gasteiger partial charge on any atom is -0.475 e. The third-order valence-electron chi connectivity index (χ3n) is 2.80. The summed E-state index contributed by atoms with van der Waals surface area (Å²) in [6, 6.07) is 3.62. The Bertz CT molecular complexity index is 708. The molecule has 0 aliphatic carbocycles. The van der Waals surface area contributed by atoms with Crippen molar-refractivity contribution in [2.75, 3.05) is 5.32 Å². The van der Waals surface area contributed by atoms with Crippen LogP contribution in [0.4, 0.5) is 10.1 Å². The number of carbonyl (C=O) groups is 2. The summed E-state index contributed by atoms with van der Waals surface area (Å²) in [6.45, 7) is 0. The van der Waals surface area contributed by atoms with E-state index in [1.54, 1.807) is 0 Å². The van der Waals surface area contributed by atoms with Crippen molar-refractivity contribution >= 4 is 17.6 Å². The van der Waals surface area contributed by atoms with Gasteiger partial charge in [0.2, 0.25) is 11.7 Å². The highest BCUT2D eigenvalue weighted by molar-refractivity contribution is 6.03. The molecule has 2 heterocycles. The van der Waals surface area contributed by atoms with Crippen LogP contribution in [0.25, 0.3) is 11.3 Å². The minimum atomic E-state index is -1.27.